The van der Waals surface area contributed by atoms with Gasteiger partial charge in [-0.2, -0.15) is 0 Å². The van der Waals surface area contributed by atoms with Crippen LogP contribution in [0.4, 0.5) is 0 Å². The molecule has 1 aromatic carbocycles. The average Bonchev–Trinajstić information content (AvgIpc) is 2.46. The summed E-state index contributed by atoms with van der Waals surface area (Å²) >= 11 is 0. The fraction of sp³-hybridized carbons (Fsp3) is 0.500. The van der Waals surface area contributed by atoms with E-state index in [1.54, 1.807) is 23.1 Å². The van der Waals surface area contributed by atoms with Crippen LogP contribution in [0.2, 0.25) is 0 Å². The van der Waals surface area contributed by atoms with E-state index in [0.29, 0.717) is 24.8 Å². The van der Waals surface area contributed by atoms with Crippen molar-refractivity contribution in [3.63, 3.8) is 0 Å². The van der Waals surface area contributed by atoms with Gasteiger partial charge in [-0.1, -0.05) is 12.1 Å². The second kappa shape index (κ2) is 6.43. The second-order valence-electron chi connectivity index (χ2n) is 4.76. The smallest absolute Gasteiger partial charge is 0.260 e. The number of ether oxygens (including phenoxy) is 1. The van der Waals surface area contributed by atoms with E-state index in [-0.39, 0.29) is 24.9 Å². The van der Waals surface area contributed by atoms with Crippen molar-refractivity contribution in [3.8, 4) is 11.5 Å². The van der Waals surface area contributed by atoms with Crippen LogP contribution in [0.3, 0.4) is 0 Å². The molecule has 0 spiro atoms. The molecule has 2 N–H and O–H groups in total. The Balaban J connectivity index is 1.81. The fourth-order valence-electron chi connectivity index (χ4n) is 2.17. The molecule has 0 atom stereocenters. The number of piperidine rings is 1. The molecule has 0 aliphatic carbocycles. The number of aliphatic hydroxyl groups is 1. The van der Waals surface area contributed by atoms with Crippen molar-refractivity contribution in [3.05, 3.63) is 24.3 Å². The molecule has 1 saturated heterocycles. The van der Waals surface area contributed by atoms with E-state index in [2.05, 4.69) is 0 Å². The van der Waals surface area contributed by atoms with E-state index in [9.17, 15) is 9.90 Å². The number of likely N-dealkylation sites (tertiary alicyclic amines) is 1. The summed E-state index contributed by atoms with van der Waals surface area (Å²) in [5, 5.41) is 18.6. The van der Waals surface area contributed by atoms with Gasteiger partial charge in [0.25, 0.3) is 5.91 Å². The molecule has 0 bridgehead atoms. The van der Waals surface area contributed by atoms with E-state index >= 15 is 0 Å². The van der Waals surface area contributed by atoms with Gasteiger partial charge in [-0.25, -0.2) is 0 Å². The normalized spacial score (nSPS) is 16.4. The van der Waals surface area contributed by atoms with Crippen LogP contribution in [0.25, 0.3) is 0 Å². The molecule has 0 saturated carbocycles. The van der Waals surface area contributed by atoms with Gasteiger partial charge >= 0.3 is 0 Å². The van der Waals surface area contributed by atoms with Gasteiger partial charge in [0, 0.05) is 19.7 Å². The van der Waals surface area contributed by atoms with Gasteiger partial charge < -0.3 is 19.8 Å². The lowest BCUT2D eigenvalue weighted by Crippen LogP contribution is -2.41. The van der Waals surface area contributed by atoms with Gasteiger partial charge in [0.05, 0.1) is 0 Å². The summed E-state index contributed by atoms with van der Waals surface area (Å²) in [5.41, 5.74) is 0. The number of phenolic OH excluding ortho intramolecular Hbond substituents is 1. The molecule has 104 valence electrons. The maximum absolute atomic E-state index is 11.9. The highest BCUT2D eigenvalue weighted by Gasteiger charge is 2.22. The first-order valence-electron chi connectivity index (χ1n) is 6.50. The number of phenols is 1. The van der Waals surface area contributed by atoms with Crippen LogP contribution in [-0.2, 0) is 4.79 Å². The highest BCUT2D eigenvalue weighted by Crippen LogP contribution is 2.24. The molecule has 0 aromatic heterocycles. The zero-order chi connectivity index (χ0) is 13.7. The van der Waals surface area contributed by atoms with Crippen molar-refractivity contribution in [2.75, 3.05) is 26.3 Å². The third kappa shape index (κ3) is 3.61. The van der Waals surface area contributed by atoms with E-state index in [4.69, 9.17) is 9.84 Å². The molecule has 5 nitrogen and oxygen atoms in total. The number of hydrogen-bond donors (Lipinski definition) is 2. The number of benzene rings is 1. The predicted octanol–water partition coefficient (Wildman–Crippen LogP) is 1.00. The van der Waals surface area contributed by atoms with Crippen molar-refractivity contribution >= 4 is 5.91 Å². The molecule has 19 heavy (non-hydrogen) atoms. The summed E-state index contributed by atoms with van der Waals surface area (Å²) in [4.78, 5) is 13.7. The summed E-state index contributed by atoms with van der Waals surface area (Å²) in [7, 11) is 0. The lowest BCUT2D eigenvalue weighted by atomic mass is 9.98. The van der Waals surface area contributed by atoms with Crippen LogP contribution in [-0.4, -0.2) is 47.3 Å². The number of aliphatic hydroxyl groups excluding tert-OH is 1. The fourth-order valence-corrected chi connectivity index (χ4v) is 2.17. The Morgan fingerprint density at radius 2 is 2.00 bits per heavy atom. The van der Waals surface area contributed by atoms with Crippen LogP contribution >= 0.6 is 0 Å². The Kier molecular flexibility index (Phi) is 4.63. The summed E-state index contributed by atoms with van der Waals surface area (Å²) < 4.78 is 5.31. The SMILES string of the molecule is O=C(COc1ccccc1O)N1CCC(CO)CC1. The van der Waals surface area contributed by atoms with E-state index < -0.39 is 0 Å². The zero-order valence-electron chi connectivity index (χ0n) is 10.8. The van der Waals surface area contributed by atoms with Gasteiger partial charge in [0.2, 0.25) is 0 Å². The third-order valence-electron chi connectivity index (χ3n) is 3.44. The van der Waals surface area contributed by atoms with E-state index in [0.717, 1.165) is 12.8 Å². The lowest BCUT2D eigenvalue weighted by molar-refractivity contribution is -0.135. The average molecular weight is 265 g/mol. The quantitative estimate of drug-likeness (QED) is 0.852. The maximum atomic E-state index is 11.9. The molecular formula is C14H19NO4. The van der Waals surface area contributed by atoms with Crippen LogP contribution in [0.5, 0.6) is 11.5 Å². The van der Waals surface area contributed by atoms with Crippen molar-refractivity contribution in [2.45, 2.75) is 12.8 Å². The molecular weight excluding hydrogens is 246 g/mol. The molecule has 1 aliphatic rings. The van der Waals surface area contributed by atoms with Crippen molar-refractivity contribution < 1.29 is 19.7 Å². The maximum Gasteiger partial charge on any atom is 0.260 e. The summed E-state index contributed by atoms with van der Waals surface area (Å²) in [6.45, 7) is 1.44. The number of carbonyl (C=O) groups is 1. The Hall–Kier alpha value is -1.75. The number of amides is 1. The first-order chi connectivity index (χ1) is 9.20. The van der Waals surface area contributed by atoms with Crippen LogP contribution < -0.4 is 4.74 Å². The summed E-state index contributed by atoms with van der Waals surface area (Å²) in [6.07, 6.45) is 1.66. The zero-order valence-corrected chi connectivity index (χ0v) is 10.8. The van der Waals surface area contributed by atoms with Crippen molar-refractivity contribution in [2.24, 2.45) is 5.92 Å². The van der Waals surface area contributed by atoms with E-state index in [1.807, 2.05) is 0 Å². The van der Waals surface area contributed by atoms with E-state index in [1.165, 1.54) is 6.07 Å². The van der Waals surface area contributed by atoms with Crippen molar-refractivity contribution in [1.29, 1.82) is 0 Å². The predicted molar refractivity (Wildman–Crippen MR) is 70.0 cm³/mol. The first-order valence-corrected chi connectivity index (χ1v) is 6.50. The first kappa shape index (κ1) is 13.7. The van der Waals surface area contributed by atoms with Crippen LogP contribution in [0.15, 0.2) is 24.3 Å². The van der Waals surface area contributed by atoms with Gasteiger partial charge in [-0.3, -0.25) is 4.79 Å². The molecule has 0 unspecified atom stereocenters. The van der Waals surface area contributed by atoms with Gasteiger partial charge in [0.15, 0.2) is 18.1 Å². The minimum atomic E-state index is -0.0837. The minimum absolute atomic E-state index is 0.0364. The lowest BCUT2D eigenvalue weighted by Gasteiger charge is -2.31. The Labute approximate surface area is 112 Å². The third-order valence-corrected chi connectivity index (χ3v) is 3.44. The number of rotatable bonds is 4. The van der Waals surface area contributed by atoms with Crippen LogP contribution in [0.1, 0.15) is 12.8 Å². The Morgan fingerprint density at radius 3 is 2.63 bits per heavy atom. The molecule has 2 rings (SSSR count). The summed E-state index contributed by atoms with van der Waals surface area (Å²) in [5.74, 6) is 0.582. The molecule has 1 amide bonds. The Bertz CT molecular complexity index is 427. The molecule has 1 heterocycles. The summed E-state index contributed by atoms with van der Waals surface area (Å²) in [6, 6.07) is 6.59. The van der Waals surface area contributed by atoms with Gasteiger partial charge in [-0.15, -0.1) is 0 Å². The topological polar surface area (TPSA) is 70.0 Å². The molecule has 1 aromatic rings. The van der Waals surface area contributed by atoms with Crippen LogP contribution in [0, 0.1) is 5.92 Å². The second-order valence-corrected chi connectivity index (χ2v) is 4.76. The highest BCUT2D eigenvalue weighted by molar-refractivity contribution is 5.77. The molecule has 0 radical (unpaired) electrons. The number of hydrogen-bond acceptors (Lipinski definition) is 4. The highest BCUT2D eigenvalue weighted by atomic mass is 16.5. The largest absolute Gasteiger partial charge is 0.504 e. The number of para-hydroxylation sites is 2. The number of carbonyl (C=O) groups excluding carboxylic acids is 1. The standard InChI is InChI=1S/C14H19NO4/c16-9-11-5-7-15(8-6-11)14(18)10-19-13-4-2-1-3-12(13)17/h1-4,11,16-17H,5-10H2. The molecule has 1 aliphatic heterocycles. The number of nitrogens with zero attached hydrogens (tertiary/aromatic N) is 1. The molecule has 1 fully saturated rings. The monoisotopic (exact) mass is 265 g/mol. The van der Waals surface area contributed by atoms with Gasteiger partial charge in [-0.05, 0) is 30.9 Å². The van der Waals surface area contributed by atoms with Gasteiger partial charge in [0.1, 0.15) is 0 Å². The number of aromatic hydroxyl groups is 1. The Morgan fingerprint density at radius 1 is 1.32 bits per heavy atom. The van der Waals surface area contributed by atoms with Crippen molar-refractivity contribution in [1.82, 2.24) is 4.90 Å². The minimum Gasteiger partial charge on any atom is -0.504 e. The molecule has 5 heteroatoms.